The second-order valence-electron chi connectivity index (χ2n) is 6.94. The van der Waals surface area contributed by atoms with Crippen molar-refractivity contribution in [3.05, 3.63) is 10.5 Å². The first-order chi connectivity index (χ1) is 12.2. The summed E-state index contributed by atoms with van der Waals surface area (Å²) in [7, 11) is 1.64. The van der Waals surface area contributed by atoms with Gasteiger partial charge in [-0.15, -0.1) is 5.10 Å². The summed E-state index contributed by atoms with van der Waals surface area (Å²) in [6, 6.07) is 0.429. The van der Waals surface area contributed by atoms with Crippen LogP contribution in [0.3, 0.4) is 0 Å². The Morgan fingerprint density at radius 2 is 2.12 bits per heavy atom. The van der Waals surface area contributed by atoms with Crippen LogP contribution in [0.25, 0.3) is 0 Å². The number of aromatic nitrogens is 3. The van der Waals surface area contributed by atoms with Crippen molar-refractivity contribution < 1.29 is 9.53 Å². The van der Waals surface area contributed by atoms with E-state index in [0.717, 1.165) is 25.8 Å². The van der Waals surface area contributed by atoms with Crippen LogP contribution in [0.15, 0.2) is 9.95 Å². The van der Waals surface area contributed by atoms with Crippen LogP contribution in [0, 0.1) is 5.92 Å². The molecule has 8 heteroatoms. The monoisotopic (exact) mass is 368 g/mol. The predicted octanol–water partition coefficient (Wildman–Crippen LogP) is 1.88. The number of likely N-dealkylation sites (tertiary alicyclic amines) is 1. The number of thioether (sulfide) groups is 1. The molecule has 2 unspecified atom stereocenters. The Labute approximate surface area is 152 Å². The second kappa shape index (κ2) is 8.89. The largest absolute Gasteiger partial charge is 0.385 e. The molecule has 1 aromatic heterocycles. The molecule has 1 aromatic rings. The van der Waals surface area contributed by atoms with Crippen molar-refractivity contribution in [3.63, 3.8) is 0 Å². The lowest BCUT2D eigenvalue weighted by Crippen LogP contribution is -2.50. The molecule has 2 atom stereocenters. The molecule has 1 amide bonds. The second-order valence-corrected chi connectivity index (χ2v) is 7.88. The van der Waals surface area contributed by atoms with E-state index in [4.69, 9.17) is 4.74 Å². The summed E-state index contributed by atoms with van der Waals surface area (Å²) >= 11 is 1.36. The van der Waals surface area contributed by atoms with E-state index in [9.17, 15) is 9.59 Å². The lowest BCUT2D eigenvalue weighted by molar-refractivity contribution is -0.134. The zero-order valence-corrected chi connectivity index (χ0v) is 15.7. The minimum atomic E-state index is -0.226. The third kappa shape index (κ3) is 4.47. The molecule has 140 valence electrons. The van der Waals surface area contributed by atoms with Crippen molar-refractivity contribution in [3.8, 4) is 0 Å². The number of fused-ring (bicyclic) bond motifs is 1. The smallest absolute Gasteiger partial charge is 0.343 e. The quantitative estimate of drug-likeness (QED) is 0.587. The Hall–Kier alpha value is -1.28. The van der Waals surface area contributed by atoms with Gasteiger partial charge in [-0.05, 0) is 38.0 Å². The van der Waals surface area contributed by atoms with E-state index in [2.05, 4.69) is 15.1 Å². The minimum absolute atomic E-state index is 0.181. The van der Waals surface area contributed by atoms with Crippen molar-refractivity contribution in [2.24, 2.45) is 5.92 Å². The van der Waals surface area contributed by atoms with Crippen LogP contribution in [0.2, 0.25) is 0 Å². The predicted molar refractivity (Wildman–Crippen MR) is 96.8 cm³/mol. The van der Waals surface area contributed by atoms with Gasteiger partial charge in [-0.1, -0.05) is 24.6 Å². The molecule has 1 saturated heterocycles. The van der Waals surface area contributed by atoms with Crippen LogP contribution >= 0.6 is 11.8 Å². The number of hydrogen-bond acceptors (Lipinski definition) is 5. The number of carbonyl (C=O) groups excluding carboxylic acids is 1. The van der Waals surface area contributed by atoms with Crippen molar-refractivity contribution in [1.82, 2.24) is 19.7 Å². The number of piperidine rings is 1. The van der Waals surface area contributed by atoms with Crippen LogP contribution in [0.4, 0.5) is 0 Å². The van der Waals surface area contributed by atoms with E-state index < -0.39 is 0 Å². The molecule has 7 nitrogen and oxygen atoms in total. The number of ether oxygens (including phenoxy) is 1. The minimum Gasteiger partial charge on any atom is -0.385 e. The molecule has 0 spiro atoms. The molecule has 2 aliphatic rings. The zero-order valence-electron chi connectivity index (χ0n) is 14.9. The van der Waals surface area contributed by atoms with Gasteiger partial charge in [0, 0.05) is 32.8 Å². The van der Waals surface area contributed by atoms with Gasteiger partial charge in [-0.3, -0.25) is 9.36 Å². The lowest BCUT2D eigenvalue weighted by Gasteiger charge is -2.44. The molecule has 1 N–H and O–H groups in total. The van der Waals surface area contributed by atoms with Gasteiger partial charge in [0.15, 0.2) is 5.16 Å². The molecule has 1 aliphatic heterocycles. The third-order valence-electron chi connectivity index (χ3n) is 5.34. The lowest BCUT2D eigenvalue weighted by atomic mass is 9.78. The molecular weight excluding hydrogens is 340 g/mol. The van der Waals surface area contributed by atoms with E-state index >= 15 is 0 Å². The van der Waals surface area contributed by atoms with Gasteiger partial charge in [0.25, 0.3) is 0 Å². The average molecular weight is 369 g/mol. The van der Waals surface area contributed by atoms with Gasteiger partial charge < -0.3 is 9.64 Å². The standard InChI is InChI=1S/C17H28N4O3S/c1-24-11-5-10-21-16(23)18-19-17(21)25-12-15(22)20-9-4-7-13-6-2-3-8-14(13)20/h13-14H,2-12H2,1H3,(H,18,23). The summed E-state index contributed by atoms with van der Waals surface area (Å²) in [5, 5.41) is 7.14. The fourth-order valence-corrected chi connectivity index (χ4v) is 4.98. The van der Waals surface area contributed by atoms with E-state index in [-0.39, 0.29) is 11.6 Å². The van der Waals surface area contributed by atoms with Gasteiger partial charge >= 0.3 is 5.69 Å². The van der Waals surface area contributed by atoms with Crippen LogP contribution in [-0.2, 0) is 16.1 Å². The number of carbonyl (C=O) groups is 1. The third-order valence-corrected chi connectivity index (χ3v) is 6.30. The molecule has 0 radical (unpaired) electrons. The fourth-order valence-electron chi connectivity index (χ4n) is 4.12. The Kier molecular flexibility index (Phi) is 6.58. The number of methoxy groups -OCH3 is 1. The van der Waals surface area contributed by atoms with E-state index in [1.165, 1.54) is 37.4 Å². The molecule has 3 rings (SSSR count). The number of H-pyrrole nitrogens is 1. The van der Waals surface area contributed by atoms with Crippen molar-refractivity contribution in [1.29, 1.82) is 0 Å². The average Bonchev–Trinajstić information content (AvgIpc) is 2.99. The number of hydrogen-bond donors (Lipinski definition) is 1. The molecule has 2 heterocycles. The number of nitrogens with one attached hydrogen (secondary N) is 1. The number of rotatable bonds is 7. The Balaban J connectivity index is 1.58. The highest BCUT2D eigenvalue weighted by atomic mass is 32.2. The fraction of sp³-hybridized carbons (Fsp3) is 0.824. The first-order valence-corrected chi connectivity index (χ1v) is 10.3. The van der Waals surface area contributed by atoms with Gasteiger partial charge in [0.2, 0.25) is 5.91 Å². The maximum atomic E-state index is 12.8. The molecule has 25 heavy (non-hydrogen) atoms. The van der Waals surface area contributed by atoms with Crippen LogP contribution in [-0.4, -0.2) is 57.6 Å². The number of aromatic amines is 1. The first kappa shape index (κ1) is 18.5. The summed E-state index contributed by atoms with van der Waals surface area (Å²) < 4.78 is 6.63. The molecule has 2 fully saturated rings. The van der Waals surface area contributed by atoms with E-state index in [0.29, 0.717) is 36.0 Å². The normalized spacial score (nSPS) is 23.5. The Bertz CT molecular complexity index is 628. The van der Waals surface area contributed by atoms with Gasteiger partial charge in [-0.25, -0.2) is 9.89 Å². The summed E-state index contributed by atoms with van der Waals surface area (Å²) in [5.41, 5.74) is -0.226. The molecular formula is C17H28N4O3S. The van der Waals surface area contributed by atoms with Crippen molar-refractivity contribution >= 4 is 17.7 Å². The van der Waals surface area contributed by atoms with Crippen molar-refractivity contribution in [2.75, 3.05) is 26.0 Å². The Morgan fingerprint density at radius 3 is 2.96 bits per heavy atom. The molecule has 1 saturated carbocycles. The van der Waals surface area contributed by atoms with Crippen LogP contribution in [0.1, 0.15) is 44.9 Å². The summed E-state index contributed by atoms with van der Waals surface area (Å²) in [6.07, 6.45) is 8.07. The van der Waals surface area contributed by atoms with Crippen LogP contribution < -0.4 is 5.69 Å². The van der Waals surface area contributed by atoms with Crippen LogP contribution in [0.5, 0.6) is 0 Å². The van der Waals surface area contributed by atoms with Gasteiger partial charge in [0.1, 0.15) is 0 Å². The van der Waals surface area contributed by atoms with Gasteiger partial charge in [-0.2, -0.15) is 0 Å². The maximum absolute atomic E-state index is 12.8. The van der Waals surface area contributed by atoms with Crippen molar-refractivity contribution in [2.45, 2.75) is 62.7 Å². The van der Waals surface area contributed by atoms with E-state index in [1.807, 2.05) is 0 Å². The molecule has 0 aromatic carbocycles. The highest BCUT2D eigenvalue weighted by Crippen LogP contribution is 2.35. The highest BCUT2D eigenvalue weighted by molar-refractivity contribution is 7.99. The maximum Gasteiger partial charge on any atom is 0.343 e. The number of amides is 1. The number of nitrogens with zero attached hydrogens (tertiary/aromatic N) is 3. The summed E-state index contributed by atoms with van der Waals surface area (Å²) in [6.45, 7) is 2.02. The molecule has 0 bridgehead atoms. The summed E-state index contributed by atoms with van der Waals surface area (Å²) in [5.74, 6) is 1.21. The Morgan fingerprint density at radius 1 is 1.32 bits per heavy atom. The zero-order chi connectivity index (χ0) is 17.6. The highest BCUT2D eigenvalue weighted by Gasteiger charge is 2.35. The summed E-state index contributed by atoms with van der Waals surface area (Å²) in [4.78, 5) is 26.7. The van der Waals surface area contributed by atoms with Gasteiger partial charge in [0.05, 0.1) is 5.75 Å². The molecule has 1 aliphatic carbocycles. The SMILES string of the molecule is COCCCn1c(SCC(=O)N2CCCC3CCCCC32)n[nH]c1=O. The first-order valence-electron chi connectivity index (χ1n) is 9.27. The topological polar surface area (TPSA) is 80.2 Å². The van der Waals surface area contributed by atoms with E-state index in [1.54, 1.807) is 11.7 Å².